The lowest BCUT2D eigenvalue weighted by molar-refractivity contribution is 0.670. The maximum atomic E-state index is 8.84. The number of para-hydroxylation sites is 1. The van der Waals surface area contributed by atoms with Crippen molar-refractivity contribution in [1.82, 2.24) is 0 Å². The highest BCUT2D eigenvalue weighted by atomic mass is 16.3. The van der Waals surface area contributed by atoms with Crippen molar-refractivity contribution in [3.05, 3.63) is 170 Å². The van der Waals surface area contributed by atoms with Gasteiger partial charge in [0.2, 0.25) is 0 Å². The molecule has 0 radical (unpaired) electrons. The Kier molecular flexibility index (Phi) is 4.01. The predicted molar refractivity (Wildman–Crippen MR) is 190 cm³/mol. The molecule has 1 heterocycles. The number of furan rings is 1. The third kappa shape index (κ3) is 4.02. The number of fused-ring (bicyclic) bond motifs is 5. The maximum Gasteiger partial charge on any atom is 0.143 e. The van der Waals surface area contributed by atoms with Gasteiger partial charge in [-0.15, -0.1) is 0 Å². The molecule has 0 saturated heterocycles. The Labute approximate surface area is 275 Å². The summed E-state index contributed by atoms with van der Waals surface area (Å²) in [6.07, 6.45) is 0. The van der Waals surface area contributed by atoms with Crippen molar-refractivity contribution >= 4 is 43.5 Å². The second-order valence-electron chi connectivity index (χ2n) is 10.8. The number of hydrogen-bond donors (Lipinski definition) is 0. The third-order valence-electron chi connectivity index (χ3n) is 8.46. The molecule has 0 bridgehead atoms. The first-order valence-electron chi connectivity index (χ1n) is 19.6. The first kappa shape index (κ1) is 17.4. The molecule has 0 saturated carbocycles. The molecule has 210 valence electrons. The Bertz CT molecular complexity index is 3000. The summed E-state index contributed by atoms with van der Waals surface area (Å²) in [4.78, 5) is 0. The average Bonchev–Trinajstić information content (AvgIpc) is 3.61. The molecule has 0 aliphatic rings. The van der Waals surface area contributed by atoms with Crippen LogP contribution in [-0.4, -0.2) is 0 Å². The van der Waals surface area contributed by atoms with E-state index in [0.717, 1.165) is 49.0 Å². The van der Waals surface area contributed by atoms with Gasteiger partial charge >= 0.3 is 0 Å². The standard InChI is InChI=1S/C44H28O/c1-3-15-29(16-4-1)31-19-7-8-20-33(31)41-34-21-9-11-23-36(34)42(37-24-12-10-22-35(37)41)39-28-27-32(30-17-5-2-6-18-30)44-43(39)38-25-13-14-26-40(38)45-44/h1-28H/i1D,2D,3D,4D,5D,6D,15D,16D,17D,18D. The third-order valence-corrected chi connectivity index (χ3v) is 8.46. The molecule has 0 aliphatic heterocycles. The van der Waals surface area contributed by atoms with Gasteiger partial charge in [-0.1, -0.05) is 157 Å². The Morgan fingerprint density at radius 2 is 0.822 bits per heavy atom. The molecule has 1 nitrogen and oxygen atoms in total. The van der Waals surface area contributed by atoms with Crippen LogP contribution >= 0.6 is 0 Å². The van der Waals surface area contributed by atoms with Crippen molar-refractivity contribution in [3.8, 4) is 44.5 Å². The van der Waals surface area contributed by atoms with Crippen LogP contribution in [0.2, 0.25) is 0 Å². The highest BCUT2D eigenvalue weighted by Gasteiger charge is 2.22. The minimum atomic E-state index is -0.470. The van der Waals surface area contributed by atoms with Gasteiger partial charge in [-0.3, -0.25) is 0 Å². The van der Waals surface area contributed by atoms with E-state index in [4.69, 9.17) is 18.1 Å². The lowest BCUT2D eigenvalue weighted by Crippen LogP contribution is -1.93. The van der Waals surface area contributed by atoms with Gasteiger partial charge in [-0.2, -0.15) is 0 Å². The second-order valence-corrected chi connectivity index (χ2v) is 10.8. The zero-order valence-electron chi connectivity index (χ0n) is 33.8. The lowest BCUT2D eigenvalue weighted by atomic mass is 9.83. The molecule has 0 unspecified atom stereocenters. The normalized spacial score (nSPS) is 14.7. The van der Waals surface area contributed by atoms with E-state index < -0.39 is 36.3 Å². The van der Waals surface area contributed by atoms with Gasteiger partial charge in [0.05, 0.1) is 13.7 Å². The van der Waals surface area contributed by atoms with Crippen LogP contribution in [0.3, 0.4) is 0 Å². The van der Waals surface area contributed by atoms with Gasteiger partial charge in [0, 0.05) is 16.3 Å². The van der Waals surface area contributed by atoms with Crippen LogP contribution in [0.15, 0.2) is 174 Å². The minimum Gasteiger partial charge on any atom is -0.455 e. The molecule has 1 aromatic heterocycles. The fourth-order valence-electron chi connectivity index (χ4n) is 6.63. The predicted octanol–water partition coefficient (Wildman–Crippen LogP) is 12.6. The van der Waals surface area contributed by atoms with Crippen LogP contribution in [0.1, 0.15) is 13.7 Å². The molecule has 9 aromatic rings. The molecule has 0 atom stereocenters. The first-order valence-corrected chi connectivity index (χ1v) is 14.6. The van der Waals surface area contributed by atoms with E-state index >= 15 is 0 Å². The van der Waals surface area contributed by atoms with Crippen molar-refractivity contribution in [2.45, 2.75) is 0 Å². The maximum absolute atomic E-state index is 8.84. The van der Waals surface area contributed by atoms with Crippen LogP contribution in [0.5, 0.6) is 0 Å². The Morgan fingerprint density at radius 3 is 1.42 bits per heavy atom. The zero-order chi connectivity index (χ0) is 38.4. The van der Waals surface area contributed by atoms with Crippen LogP contribution < -0.4 is 0 Å². The van der Waals surface area contributed by atoms with E-state index in [-0.39, 0.29) is 35.3 Å². The highest BCUT2D eigenvalue weighted by molar-refractivity contribution is 6.27. The SMILES string of the molecule is [2H]c1c([2H])c([2H])c(-c2ccccc2-c2c3ccccc3c(-c3ccc(-c4c([2H])c([2H])c([2H])c([2H])c4[2H])c4oc5ccccc5c34)c3ccccc23)c([2H])c1[2H]. The van der Waals surface area contributed by atoms with E-state index in [9.17, 15) is 0 Å². The van der Waals surface area contributed by atoms with E-state index in [0.29, 0.717) is 27.9 Å². The first-order chi connectivity index (χ1) is 26.5. The van der Waals surface area contributed by atoms with Crippen molar-refractivity contribution < 1.29 is 18.1 Å². The Balaban J connectivity index is 1.41. The summed E-state index contributed by atoms with van der Waals surface area (Å²) in [7, 11) is 0. The minimum absolute atomic E-state index is 0.0518. The molecule has 0 N–H and O–H groups in total. The molecule has 0 fully saturated rings. The van der Waals surface area contributed by atoms with Gasteiger partial charge in [0.15, 0.2) is 0 Å². The summed E-state index contributed by atoms with van der Waals surface area (Å²) in [5.74, 6) is 0. The van der Waals surface area contributed by atoms with Crippen molar-refractivity contribution in [3.63, 3.8) is 0 Å². The van der Waals surface area contributed by atoms with Gasteiger partial charge in [-0.05, 0) is 72.6 Å². The summed E-state index contributed by atoms with van der Waals surface area (Å²) < 4.78 is 91.8. The summed E-state index contributed by atoms with van der Waals surface area (Å²) in [6, 6.07) is 30.8. The molecular weight excluding hydrogens is 544 g/mol. The van der Waals surface area contributed by atoms with E-state index in [2.05, 4.69) is 0 Å². The number of benzene rings is 8. The van der Waals surface area contributed by atoms with Crippen molar-refractivity contribution in [1.29, 1.82) is 0 Å². The fraction of sp³-hybridized carbons (Fsp3) is 0. The van der Waals surface area contributed by atoms with Crippen LogP contribution in [0, 0.1) is 0 Å². The van der Waals surface area contributed by atoms with Crippen LogP contribution in [0.25, 0.3) is 88.0 Å². The quantitative estimate of drug-likeness (QED) is 0.188. The van der Waals surface area contributed by atoms with E-state index in [1.165, 1.54) is 0 Å². The summed E-state index contributed by atoms with van der Waals surface area (Å²) >= 11 is 0. The number of rotatable bonds is 4. The van der Waals surface area contributed by atoms with Crippen LogP contribution in [0.4, 0.5) is 0 Å². The van der Waals surface area contributed by atoms with Gasteiger partial charge in [0.25, 0.3) is 0 Å². The van der Waals surface area contributed by atoms with Crippen molar-refractivity contribution in [2.75, 3.05) is 0 Å². The van der Waals surface area contributed by atoms with Gasteiger partial charge in [0.1, 0.15) is 11.2 Å². The Hall–Kier alpha value is -5.92. The molecule has 1 heteroatoms. The topological polar surface area (TPSA) is 13.1 Å². The molecule has 0 aliphatic carbocycles. The molecule has 9 rings (SSSR count). The van der Waals surface area contributed by atoms with Gasteiger partial charge in [-0.25, -0.2) is 0 Å². The zero-order valence-corrected chi connectivity index (χ0v) is 23.8. The second kappa shape index (κ2) is 10.4. The monoisotopic (exact) mass is 582 g/mol. The number of hydrogen-bond acceptors (Lipinski definition) is 1. The summed E-state index contributed by atoms with van der Waals surface area (Å²) in [5.41, 5.74) is 5.27. The van der Waals surface area contributed by atoms with Crippen LogP contribution in [-0.2, 0) is 0 Å². The van der Waals surface area contributed by atoms with E-state index in [1.54, 1.807) is 18.2 Å². The largest absolute Gasteiger partial charge is 0.455 e. The van der Waals surface area contributed by atoms with Gasteiger partial charge < -0.3 is 4.42 Å². The molecule has 8 aromatic carbocycles. The molecular formula is C44H28O. The summed E-state index contributed by atoms with van der Waals surface area (Å²) in [6.45, 7) is 0. The molecule has 45 heavy (non-hydrogen) atoms. The smallest absolute Gasteiger partial charge is 0.143 e. The van der Waals surface area contributed by atoms with E-state index in [1.807, 2.05) is 91.0 Å². The molecule has 0 amide bonds. The summed E-state index contributed by atoms with van der Waals surface area (Å²) in [5, 5.41) is 5.02. The Morgan fingerprint density at radius 1 is 0.378 bits per heavy atom. The fourth-order valence-corrected chi connectivity index (χ4v) is 6.63. The molecule has 0 spiro atoms. The average molecular weight is 583 g/mol. The lowest BCUT2D eigenvalue weighted by Gasteiger charge is -2.20. The highest BCUT2D eigenvalue weighted by Crippen LogP contribution is 2.49. The van der Waals surface area contributed by atoms with Crippen molar-refractivity contribution in [2.24, 2.45) is 0 Å².